The minimum Gasteiger partial charge on any atom is -0.438 e. The predicted molar refractivity (Wildman–Crippen MR) is 152 cm³/mol. The van der Waals surface area contributed by atoms with Crippen LogP contribution in [-0.2, 0) is 0 Å². The van der Waals surface area contributed by atoms with Crippen molar-refractivity contribution in [2.75, 3.05) is 24.3 Å². The summed E-state index contributed by atoms with van der Waals surface area (Å²) in [7, 11) is 4.11. The van der Waals surface area contributed by atoms with E-state index in [4.69, 9.17) is 9.72 Å². The van der Waals surface area contributed by atoms with Gasteiger partial charge in [0.05, 0.1) is 5.52 Å². The normalized spacial score (nSPS) is 17.3. The average Bonchev–Trinajstić information content (AvgIpc) is 2.91. The highest BCUT2D eigenvalue weighted by atomic mass is 79.9. The average molecular weight is 560 g/mol. The molecule has 2 N–H and O–H groups in total. The first-order chi connectivity index (χ1) is 18.0. The number of rotatable bonds is 7. The highest BCUT2D eigenvalue weighted by Gasteiger charge is 2.25. The Kier molecular flexibility index (Phi) is 7.55. The van der Waals surface area contributed by atoms with E-state index in [-0.39, 0.29) is 11.9 Å². The molecule has 0 radical (unpaired) electrons. The van der Waals surface area contributed by atoms with Gasteiger partial charge in [0.2, 0.25) is 5.88 Å². The first-order valence-electron chi connectivity index (χ1n) is 12.5. The number of carbonyl (C=O) groups excluding carboxylic acids is 1. The fourth-order valence-electron chi connectivity index (χ4n) is 4.71. The van der Waals surface area contributed by atoms with Crippen molar-refractivity contribution in [1.82, 2.24) is 15.3 Å². The van der Waals surface area contributed by atoms with E-state index in [1.54, 1.807) is 18.3 Å². The van der Waals surface area contributed by atoms with E-state index in [9.17, 15) is 4.79 Å². The van der Waals surface area contributed by atoms with Crippen LogP contribution in [0.2, 0.25) is 0 Å². The molecular weight excluding hydrogens is 530 g/mol. The summed E-state index contributed by atoms with van der Waals surface area (Å²) >= 11 is 3.42. The summed E-state index contributed by atoms with van der Waals surface area (Å²) in [6.07, 6.45) is 5.31. The third kappa shape index (κ3) is 6.02. The predicted octanol–water partition coefficient (Wildman–Crippen LogP) is 6.40. The molecule has 5 rings (SSSR count). The van der Waals surface area contributed by atoms with Crippen LogP contribution in [0.5, 0.6) is 11.6 Å². The van der Waals surface area contributed by atoms with Crippen molar-refractivity contribution in [3.05, 3.63) is 83.0 Å². The second-order valence-electron chi connectivity index (χ2n) is 9.52. The van der Waals surface area contributed by atoms with Gasteiger partial charge in [0.25, 0.3) is 5.91 Å². The lowest BCUT2D eigenvalue weighted by atomic mass is 9.91. The maximum absolute atomic E-state index is 13.1. The Bertz CT molecular complexity index is 1380. The largest absolute Gasteiger partial charge is 0.438 e. The highest BCUT2D eigenvalue weighted by molar-refractivity contribution is 9.10. The zero-order chi connectivity index (χ0) is 25.8. The first kappa shape index (κ1) is 25.0. The summed E-state index contributed by atoms with van der Waals surface area (Å²) in [5.74, 6) is 1.66. The third-order valence-electron chi connectivity index (χ3n) is 6.63. The van der Waals surface area contributed by atoms with Crippen molar-refractivity contribution in [3.63, 3.8) is 0 Å². The van der Waals surface area contributed by atoms with E-state index in [0.29, 0.717) is 23.2 Å². The van der Waals surface area contributed by atoms with Crippen molar-refractivity contribution in [3.8, 4) is 11.6 Å². The van der Waals surface area contributed by atoms with Gasteiger partial charge in [0.1, 0.15) is 17.1 Å². The number of aromatic nitrogens is 2. The lowest BCUT2D eigenvalue weighted by Gasteiger charge is -2.30. The zero-order valence-electron chi connectivity index (χ0n) is 20.9. The van der Waals surface area contributed by atoms with Gasteiger partial charge in [-0.05, 0) is 68.1 Å². The number of hydrogen-bond acceptors (Lipinski definition) is 6. The number of fused-ring (bicyclic) bond motifs is 1. The van der Waals surface area contributed by atoms with Crippen molar-refractivity contribution < 1.29 is 9.53 Å². The fourth-order valence-corrected chi connectivity index (χ4v) is 4.98. The molecule has 1 fully saturated rings. The number of halogens is 1. The quantitative estimate of drug-likeness (QED) is 0.272. The number of nitrogens with one attached hydrogen (secondary N) is 2. The molecule has 7 nitrogen and oxygen atoms in total. The van der Waals surface area contributed by atoms with Crippen LogP contribution in [0, 0.1) is 0 Å². The standard InChI is InChI=1S/C29H30BrN5O2/c1-35(2)26-18-27(34-25-8-4-3-6-23(25)26)32-20-11-13-21(14-12-20)33-28(36)24-7-5-17-31-29(24)37-22-15-9-19(30)10-16-22/h3-10,15-18,20-21H,11-14H2,1-2H3,(H,32,34)(H,33,36). The van der Waals surface area contributed by atoms with Crippen LogP contribution in [0.15, 0.2) is 77.4 Å². The summed E-state index contributed by atoms with van der Waals surface area (Å²) in [6, 6.07) is 21.7. The number of para-hydroxylation sites is 1. The number of hydrogen-bond donors (Lipinski definition) is 2. The van der Waals surface area contributed by atoms with Gasteiger partial charge in [0, 0.05) is 54.0 Å². The summed E-state index contributed by atoms with van der Waals surface area (Å²) < 4.78 is 6.86. The molecule has 37 heavy (non-hydrogen) atoms. The number of anilines is 2. The Labute approximate surface area is 225 Å². The summed E-state index contributed by atoms with van der Waals surface area (Å²) in [4.78, 5) is 24.4. The molecule has 4 aromatic rings. The summed E-state index contributed by atoms with van der Waals surface area (Å²) in [6.45, 7) is 0. The van der Waals surface area contributed by atoms with Gasteiger partial charge in [-0.1, -0.05) is 34.1 Å². The molecule has 0 saturated heterocycles. The SMILES string of the molecule is CN(C)c1cc(NC2CCC(NC(=O)c3cccnc3Oc3ccc(Br)cc3)CC2)nc2ccccc12. The molecule has 2 aromatic heterocycles. The number of amides is 1. The maximum Gasteiger partial charge on any atom is 0.257 e. The Morgan fingerprint density at radius 1 is 0.973 bits per heavy atom. The van der Waals surface area contributed by atoms with Crippen LogP contribution in [0.25, 0.3) is 10.9 Å². The minimum absolute atomic E-state index is 0.105. The van der Waals surface area contributed by atoms with Gasteiger partial charge in [-0.15, -0.1) is 0 Å². The van der Waals surface area contributed by atoms with Gasteiger partial charge in [-0.2, -0.15) is 0 Å². The number of carbonyl (C=O) groups is 1. The van der Waals surface area contributed by atoms with Crippen LogP contribution in [0.4, 0.5) is 11.5 Å². The topological polar surface area (TPSA) is 79.4 Å². The Morgan fingerprint density at radius 3 is 2.46 bits per heavy atom. The van der Waals surface area contributed by atoms with Crippen molar-refractivity contribution in [1.29, 1.82) is 0 Å². The molecule has 2 heterocycles. The van der Waals surface area contributed by atoms with Gasteiger partial charge in [-0.3, -0.25) is 4.79 Å². The van der Waals surface area contributed by atoms with E-state index in [0.717, 1.165) is 52.6 Å². The van der Waals surface area contributed by atoms with E-state index >= 15 is 0 Å². The first-order valence-corrected chi connectivity index (χ1v) is 13.3. The smallest absolute Gasteiger partial charge is 0.257 e. The van der Waals surface area contributed by atoms with Crippen molar-refractivity contribution >= 4 is 44.2 Å². The van der Waals surface area contributed by atoms with Crippen LogP contribution in [-0.4, -0.2) is 42.1 Å². The molecule has 0 atom stereocenters. The molecule has 1 saturated carbocycles. The van der Waals surface area contributed by atoms with Crippen LogP contribution < -0.4 is 20.3 Å². The van der Waals surface area contributed by atoms with E-state index in [1.165, 1.54) is 0 Å². The molecule has 0 unspecified atom stereocenters. The number of pyridine rings is 2. The lowest BCUT2D eigenvalue weighted by molar-refractivity contribution is 0.0923. The monoisotopic (exact) mass is 559 g/mol. The van der Waals surface area contributed by atoms with E-state index in [2.05, 4.69) is 62.7 Å². The fraction of sp³-hybridized carbons (Fsp3) is 0.276. The Morgan fingerprint density at radius 2 is 1.70 bits per heavy atom. The lowest BCUT2D eigenvalue weighted by Crippen LogP contribution is -2.40. The van der Waals surface area contributed by atoms with Crippen LogP contribution >= 0.6 is 15.9 Å². The van der Waals surface area contributed by atoms with Crippen molar-refractivity contribution in [2.45, 2.75) is 37.8 Å². The second-order valence-corrected chi connectivity index (χ2v) is 10.4. The molecule has 2 aromatic carbocycles. The number of benzene rings is 2. The molecule has 1 aliphatic carbocycles. The van der Waals surface area contributed by atoms with Gasteiger partial charge < -0.3 is 20.3 Å². The number of ether oxygens (including phenoxy) is 1. The van der Waals surface area contributed by atoms with Gasteiger partial charge in [-0.25, -0.2) is 9.97 Å². The molecule has 8 heteroatoms. The maximum atomic E-state index is 13.1. The third-order valence-corrected chi connectivity index (χ3v) is 7.16. The molecule has 0 aliphatic heterocycles. The molecule has 1 aliphatic rings. The summed E-state index contributed by atoms with van der Waals surface area (Å²) in [5.41, 5.74) is 2.56. The van der Waals surface area contributed by atoms with Crippen LogP contribution in [0.3, 0.4) is 0 Å². The Balaban J connectivity index is 1.20. The minimum atomic E-state index is -0.163. The number of nitrogens with zero attached hydrogens (tertiary/aromatic N) is 3. The molecule has 0 spiro atoms. The molecular formula is C29H30BrN5O2. The Hall–Kier alpha value is -3.65. The van der Waals surface area contributed by atoms with Gasteiger partial charge >= 0.3 is 0 Å². The van der Waals surface area contributed by atoms with Crippen LogP contribution in [0.1, 0.15) is 36.0 Å². The van der Waals surface area contributed by atoms with E-state index in [1.807, 2.05) is 42.5 Å². The van der Waals surface area contributed by atoms with Crippen molar-refractivity contribution in [2.24, 2.45) is 0 Å². The van der Waals surface area contributed by atoms with E-state index < -0.39 is 0 Å². The molecule has 190 valence electrons. The zero-order valence-corrected chi connectivity index (χ0v) is 22.5. The summed E-state index contributed by atoms with van der Waals surface area (Å²) in [5, 5.41) is 7.96. The van der Waals surface area contributed by atoms with Gasteiger partial charge in [0.15, 0.2) is 0 Å². The highest BCUT2D eigenvalue weighted by Crippen LogP contribution is 2.30. The molecule has 1 amide bonds. The second kappa shape index (κ2) is 11.2. The molecule has 0 bridgehead atoms.